The summed E-state index contributed by atoms with van der Waals surface area (Å²) in [5, 5.41) is 13.5. The van der Waals surface area contributed by atoms with Crippen molar-refractivity contribution in [3.63, 3.8) is 0 Å². The van der Waals surface area contributed by atoms with E-state index in [-0.39, 0.29) is 6.17 Å². The third-order valence-corrected chi connectivity index (χ3v) is 5.96. The van der Waals surface area contributed by atoms with E-state index in [4.69, 9.17) is 0 Å². The predicted molar refractivity (Wildman–Crippen MR) is 103 cm³/mol. The quantitative estimate of drug-likeness (QED) is 0.833. The van der Waals surface area contributed by atoms with Gasteiger partial charge in [-0.05, 0) is 36.5 Å². The van der Waals surface area contributed by atoms with Crippen molar-refractivity contribution < 1.29 is 5.11 Å². The zero-order chi connectivity index (χ0) is 17.2. The molecule has 1 fully saturated rings. The molecule has 0 saturated heterocycles. The van der Waals surface area contributed by atoms with Gasteiger partial charge in [0.2, 0.25) is 0 Å². The van der Waals surface area contributed by atoms with Gasteiger partial charge in [-0.2, -0.15) is 0 Å². The molecular weight excluding hydrogens is 308 g/mol. The van der Waals surface area contributed by atoms with Crippen LogP contribution in [0.15, 0.2) is 53.2 Å². The first-order chi connectivity index (χ1) is 12.2. The van der Waals surface area contributed by atoms with Crippen molar-refractivity contribution in [3.05, 3.63) is 59.3 Å². The maximum absolute atomic E-state index is 9.79. The molecule has 0 spiro atoms. The molecule has 1 aromatic carbocycles. The highest BCUT2D eigenvalue weighted by Gasteiger charge is 2.32. The van der Waals surface area contributed by atoms with Crippen LogP contribution in [0.25, 0.3) is 0 Å². The number of hydrogen-bond acceptors (Lipinski definition) is 3. The number of rotatable bonds is 5. The molecule has 0 aromatic heterocycles. The Balaban J connectivity index is 1.60. The lowest BCUT2D eigenvalue weighted by molar-refractivity contribution is 0.199. The second-order valence-corrected chi connectivity index (χ2v) is 7.75. The Morgan fingerprint density at radius 1 is 1.16 bits per heavy atom. The normalized spacial score (nSPS) is 27.7. The molecular formula is C22H28N2O. The summed E-state index contributed by atoms with van der Waals surface area (Å²) in [4.78, 5) is 4.58. The molecule has 0 amide bonds. The standard InChI is InChI=1S/C22H28N2O/c1-15(25)17-8-10-18(11-9-17)20(13-16-5-2-3-6-16)21-14-19-7-4-12-23-22(19)24-21/h4,7-12,14-16,19-20,22,24-25H,2-3,5-6,13H2,1H3. The smallest absolute Gasteiger partial charge is 0.128 e. The van der Waals surface area contributed by atoms with Gasteiger partial charge >= 0.3 is 0 Å². The van der Waals surface area contributed by atoms with Crippen LogP contribution >= 0.6 is 0 Å². The van der Waals surface area contributed by atoms with Crippen LogP contribution in [0.5, 0.6) is 0 Å². The van der Waals surface area contributed by atoms with Crippen molar-refractivity contribution in [2.45, 2.75) is 57.2 Å². The predicted octanol–water partition coefficient (Wildman–Crippen LogP) is 4.47. The third kappa shape index (κ3) is 3.57. The van der Waals surface area contributed by atoms with E-state index in [1.807, 2.05) is 19.2 Å². The Kier molecular flexibility index (Phi) is 4.76. The number of hydrogen-bond donors (Lipinski definition) is 2. The van der Waals surface area contributed by atoms with E-state index in [1.54, 1.807) is 0 Å². The van der Waals surface area contributed by atoms with Crippen LogP contribution in [0.2, 0.25) is 0 Å². The molecule has 4 unspecified atom stereocenters. The van der Waals surface area contributed by atoms with E-state index in [9.17, 15) is 5.11 Å². The minimum Gasteiger partial charge on any atom is -0.389 e. The largest absolute Gasteiger partial charge is 0.389 e. The summed E-state index contributed by atoms with van der Waals surface area (Å²) in [5.74, 6) is 1.61. The number of nitrogens with one attached hydrogen (secondary N) is 1. The Labute approximate surface area is 150 Å². The number of benzene rings is 1. The molecule has 3 nitrogen and oxygen atoms in total. The summed E-state index contributed by atoms with van der Waals surface area (Å²) in [5.41, 5.74) is 3.66. The average molecular weight is 336 g/mol. The van der Waals surface area contributed by atoms with Crippen LogP contribution in [-0.2, 0) is 0 Å². The summed E-state index contributed by atoms with van der Waals surface area (Å²) in [6.45, 7) is 1.82. The molecule has 1 saturated carbocycles. The Morgan fingerprint density at radius 2 is 1.88 bits per heavy atom. The third-order valence-electron chi connectivity index (χ3n) is 5.96. The second kappa shape index (κ2) is 7.17. The molecule has 3 aliphatic rings. The molecule has 2 aliphatic heterocycles. The zero-order valence-corrected chi connectivity index (χ0v) is 14.9. The number of nitrogens with zero attached hydrogens (tertiary/aromatic N) is 1. The first-order valence-electron chi connectivity index (χ1n) is 9.67. The monoisotopic (exact) mass is 336 g/mol. The van der Waals surface area contributed by atoms with Crippen molar-refractivity contribution in [3.8, 4) is 0 Å². The van der Waals surface area contributed by atoms with Gasteiger partial charge < -0.3 is 10.4 Å². The van der Waals surface area contributed by atoms with Crippen LogP contribution in [-0.4, -0.2) is 17.5 Å². The molecule has 132 valence electrons. The van der Waals surface area contributed by atoms with Crippen molar-refractivity contribution in [1.29, 1.82) is 0 Å². The second-order valence-electron chi connectivity index (χ2n) is 7.75. The summed E-state index contributed by atoms with van der Waals surface area (Å²) < 4.78 is 0. The summed E-state index contributed by atoms with van der Waals surface area (Å²) in [6.07, 6.45) is 15.0. The highest BCUT2D eigenvalue weighted by molar-refractivity contribution is 5.72. The lowest BCUT2D eigenvalue weighted by atomic mass is 9.85. The van der Waals surface area contributed by atoms with E-state index in [1.165, 1.54) is 43.4 Å². The molecule has 25 heavy (non-hydrogen) atoms. The molecule has 1 aromatic rings. The lowest BCUT2D eigenvalue weighted by Gasteiger charge is -2.24. The number of aliphatic imine (C=N–C) groups is 1. The number of fused-ring (bicyclic) bond motifs is 1. The van der Waals surface area contributed by atoms with Gasteiger partial charge in [0.25, 0.3) is 0 Å². The van der Waals surface area contributed by atoms with Gasteiger partial charge in [0.15, 0.2) is 0 Å². The van der Waals surface area contributed by atoms with Gasteiger partial charge in [-0.3, -0.25) is 4.99 Å². The SMILES string of the molecule is CC(O)c1ccc(C(CC2CCCC2)C2=CC3C=CC=NC3N2)cc1. The fourth-order valence-corrected chi connectivity index (χ4v) is 4.48. The fourth-order valence-electron chi connectivity index (χ4n) is 4.48. The minimum atomic E-state index is -0.409. The molecule has 0 bridgehead atoms. The fraction of sp³-hybridized carbons (Fsp3) is 0.500. The topological polar surface area (TPSA) is 44.6 Å². The summed E-state index contributed by atoms with van der Waals surface area (Å²) in [6, 6.07) is 8.54. The van der Waals surface area contributed by atoms with E-state index in [0.717, 1.165) is 11.5 Å². The number of aliphatic hydroxyl groups is 1. The maximum atomic E-state index is 9.79. The van der Waals surface area contributed by atoms with Gasteiger partial charge in [0.05, 0.1) is 6.10 Å². The van der Waals surface area contributed by atoms with Gasteiger partial charge in [-0.15, -0.1) is 0 Å². The van der Waals surface area contributed by atoms with Crippen molar-refractivity contribution in [2.24, 2.45) is 16.8 Å². The maximum Gasteiger partial charge on any atom is 0.128 e. The van der Waals surface area contributed by atoms with Crippen LogP contribution in [0.4, 0.5) is 0 Å². The van der Waals surface area contributed by atoms with E-state index in [0.29, 0.717) is 11.8 Å². The van der Waals surface area contributed by atoms with Crippen molar-refractivity contribution >= 4 is 6.21 Å². The molecule has 2 N–H and O–H groups in total. The molecule has 1 aliphatic carbocycles. The van der Waals surface area contributed by atoms with Crippen molar-refractivity contribution in [1.82, 2.24) is 5.32 Å². The molecule has 2 heterocycles. The van der Waals surface area contributed by atoms with Gasteiger partial charge in [-0.25, -0.2) is 0 Å². The van der Waals surface area contributed by atoms with Crippen LogP contribution < -0.4 is 5.32 Å². The number of allylic oxidation sites excluding steroid dienone is 2. The van der Waals surface area contributed by atoms with Crippen LogP contribution in [0.1, 0.15) is 62.2 Å². The lowest BCUT2D eigenvalue weighted by Crippen LogP contribution is -2.29. The zero-order valence-electron chi connectivity index (χ0n) is 14.9. The Hall–Kier alpha value is -1.87. The van der Waals surface area contributed by atoms with Crippen LogP contribution in [0.3, 0.4) is 0 Å². The summed E-state index contributed by atoms with van der Waals surface area (Å²) in [7, 11) is 0. The molecule has 3 heteroatoms. The molecule has 4 atom stereocenters. The first kappa shape index (κ1) is 16.6. The number of aliphatic hydroxyl groups excluding tert-OH is 1. The minimum absolute atomic E-state index is 0.169. The van der Waals surface area contributed by atoms with Gasteiger partial charge in [-0.1, -0.05) is 62.1 Å². The van der Waals surface area contributed by atoms with E-state index in [2.05, 4.69) is 46.7 Å². The van der Waals surface area contributed by atoms with Crippen molar-refractivity contribution in [2.75, 3.05) is 0 Å². The summed E-state index contributed by atoms with van der Waals surface area (Å²) >= 11 is 0. The first-order valence-corrected chi connectivity index (χ1v) is 9.67. The molecule has 0 radical (unpaired) electrons. The van der Waals surface area contributed by atoms with Crippen LogP contribution in [0, 0.1) is 11.8 Å². The van der Waals surface area contributed by atoms with E-state index >= 15 is 0 Å². The van der Waals surface area contributed by atoms with Gasteiger partial charge in [0.1, 0.15) is 6.17 Å². The van der Waals surface area contributed by atoms with Gasteiger partial charge in [0, 0.05) is 23.7 Å². The Bertz CT molecular complexity index is 680. The highest BCUT2D eigenvalue weighted by Crippen LogP contribution is 2.40. The van der Waals surface area contributed by atoms with E-state index < -0.39 is 6.10 Å². The Morgan fingerprint density at radius 3 is 2.56 bits per heavy atom. The average Bonchev–Trinajstić information content (AvgIpc) is 3.29. The highest BCUT2D eigenvalue weighted by atomic mass is 16.3. The number of dihydropyridines is 1. The molecule has 4 rings (SSSR count).